The maximum absolute atomic E-state index is 12.4. The van der Waals surface area contributed by atoms with Gasteiger partial charge in [-0.05, 0) is 30.7 Å². The van der Waals surface area contributed by atoms with Crippen LogP contribution in [0.2, 0.25) is 5.02 Å². The molecule has 1 heterocycles. The number of hydrogen-bond donors (Lipinski definition) is 0. The summed E-state index contributed by atoms with van der Waals surface area (Å²) in [7, 11) is 0. The molecule has 3 aromatic rings. The van der Waals surface area contributed by atoms with Gasteiger partial charge in [0.25, 0.3) is 5.88 Å². The van der Waals surface area contributed by atoms with Crippen molar-refractivity contribution in [3.05, 3.63) is 59.1 Å². The zero-order valence-electron chi connectivity index (χ0n) is 12.4. The van der Waals surface area contributed by atoms with E-state index in [1.54, 1.807) is 25.1 Å². The van der Waals surface area contributed by atoms with Crippen LogP contribution in [0.3, 0.4) is 0 Å². The normalized spacial score (nSPS) is 10.7. The van der Waals surface area contributed by atoms with Crippen LogP contribution in [0.4, 0.5) is 0 Å². The van der Waals surface area contributed by atoms with Crippen molar-refractivity contribution < 1.29 is 14.6 Å². The van der Waals surface area contributed by atoms with Crippen LogP contribution in [0.25, 0.3) is 22.0 Å². The van der Waals surface area contributed by atoms with Gasteiger partial charge in [0.15, 0.2) is 0 Å². The largest absolute Gasteiger partial charge is 0.462 e. The predicted octanol–water partition coefficient (Wildman–Crippen LogP) is 4.88. The molecule has 0 fully saturated rings. The molecular formula is C18H13ClNO3. The number of carbonyl (C=O) groups is 1. The fourth-order valence-electron chi connectivity index (χ4n) is 2.51. The number of nitrogens with zero attached hydrogens (tertiary/aromatic N) is 1. The van der Waals surface area contributed by atoms with E-state index in [-0.39, 0.29) is 12.2 Å². The molecule has 0 aliphatic carbocycles. The number of benzene rings is 2. The molecule has 0 atom stereocenters. The topological polar surface area (TPSA) is 59.1 Å². The molecule has 23 heavy (non-hydrogen) atoms. The number of aromatic nitrogens is 1. The van der Waals surface area contributed by atoms with Gasteiger partial charge in [-0.2, -0.15) is 0 Å². The molecule has 4 nitrogen and oxygen atoms in total. The number of ether oxygens (including phenoxy) is 1. The van der Waals surface area contributed by atoms with E-state index in [1.807, 2.05) is 30.3 Å². The summed E-state index contributed by atoms with van der Waals surface area (Å²) in [5.41, 5.74) is 1.67. The van der Waals surface area contributed by atoms with Gasteiger partial charge in [0, 0.05) is 16.0 Å². The smallest absolute Gasteiger partial charge is 0.344 e. The lowest BCUT2D eigenvalue weighted by molar-refractivity contribution is 0.0521. The van der Waals surface area contributed by atoms with Crippen LogP contribution < -0.4 is 0 Å². The summed E-state index contributed by atoms with van der Waals surface area (Å²) < 4.78 is 5.04. The minimum absolute atomic E-state index is 0.0622. The van der Waals surface area contributed by atoms with Crippen LogP contribution in [0.1, 0.15) is 17.3 Å². The third-order valence-corrected chi connectivity index (χ3v) is 3.69. The molecular weight excluding hydrogens is 314 g/mol. The molecule has 1 radical (unpaired) electrons. The third kappa shape index (κ3) is 2.85. The zero-order valence-corrected chi connectivity index (χ0v) is 13.1. The Balaban J connectivity index is 2.41. The maximum Gasteiger partial charge on any atom is 0.344 e. The summed E-state index contributed by atoms with van der Waals surface area (Å²) in [5, 5.41) is 13.5. The Hall–Kier alpha value is -2.59. The Kier molecular flexibility index (Phi) is 4.17. The lowest BCUT2D eigenvalue weighted by atomic mass is 9.96. The minimum Gasteiger partial charge on any atom is -0.462 e. The SMILES string of the molecule is CCOC(=O)c1c([O])nc2ccc(Cl)cc2c1-c1ccccc1. The first-order chi connectivity index (χ1) is 11.1. The van der Waals surface area contributed by atoms with E-state index >= 15 is 0 Å². The molecule has 0 spiro atoms. The van der Waals surface area contributed by atoms with E-state index in [4.69, 9.17) is 16.3 Å². The second-order valence-corrected chi connectivity index (χ2v) is 5.35. The molecule has 2 aromatic carbocycles. The van der Waals surface area contributed by atoms with Crippen molar-refractivity contribution in [2.75, 3.05) is 6.61 Å². The molecule has 0 unspecified atom stereocenters. The van der Waals surface area contributed by atoms with Crippen molar-refractivity contribution >= 4 is 28.5 Å². The molecule has 0 saturated carbocycles. The summed E-state index contributed by atoms with van der Waals surface area (Å²) in [6.45, 7) is 1.87. The number of rotatable bonds is 3. The van der Waals surface area contributed by atoms with Gasteiger partial charge in [-0.1, -0.05) is 41.9 Å². The van der Waals surface area contributed by atoms with Crippen LogP contribution in [-0.4, -0.2) is 17.6 Å². The van der Waals surface area contributed by atoms with Crippen molar-refractivity contribution in [1.82, 2.24) is 4.98 Å². The molecule has 0 saturated heterocycles. The molecule has 0 aliphatic rings. The van der Waals surface area contributed by atoms with Gasteiger partial charge < -0.3 is 4.74 Å². The lowest BCUT2D eigenvalue weighted by Gasteiger charge is -2.13. The summed E-state index contributed by atoms with van der Waals surface area (Å²) >= 11 is 6.09. The quantitative estimate of drug-likeness (QED) is 0.645. The first-order valence-corrected chi connectivity index (χ1v) is 7.52. The molecule has 0 amide bonds. The van der Waals surface area contributed by atoms with Gasteiger partial charge in [-0.15, -0.1) is 0 Å². The second-order valence-electron chi connectivity index (χ2n) is 4.91. The van der Waals surface area contributed by atoms with Gasteiger partial charge in [-0.3, -0.25) is 5.11 Å². The highest BCUT2D eigenvalue weighted by atomic mass is 35.5. The first-order valence-electron chi connectivity index (χ1n) is 7.14. The third-order valence-electron chi connectivity index (χ3n) is 3.46. The summed E-state index contributed by atoms with van der Waals surface area (Å²) in [6.07, 6.45) is 0. The average Bonchev–Trinajstić information content (AvgIpc) is 2.55. The second kappa shape index (κ2) is 6.26. The van der Waals surface area contributed by atoms with Crippen LogP contribution in [0, 0.1) is 0 Å². The number of carbonyl (C=O) groups excluding carboxylic acids is 1. The number of esters is 1. The van der Waals surface area contributed by atoms with Crippen LogP contribution in [-0.2, 0) is 9.84 Å². The summed E-state index contributed by atoms with van der Waals surface area (Å²) in [5.74, 6) is -1.28. The highest BCUT2D eigenvalue weighted by molar-refractivity contribution is 6.31. The van der Waals surface area contributed by atoms with E-state index in [0.29, 0.717) is 21.5 Å². The van der Waals surface area contributed by atoms with Crippen molar-refractivity contribution in [3.63, 3.8) is 0 Å². The Morgan fingerprint density at radius 1 is 1.17 bits per heavy atom. The summed E-state index contributed by atoms with van der Waals surface area (Å²) in [6, 6.07) is 14.2. The number of hydrogen-bond acceptors (Lipinski definition) is 3. The molecule has 115 valence electrons. The average molecular weight is 327 g/mol. The Morgan fingerprint density at radius 3 is 2.61 bits per heavy atom. The van der Waals surface area contributed by atoms with E-state index < -0.39 is 11.8 Å². The Labute approximate surface area is 138 Å². The first kappa shape index (κ1) is 15.3. The van der Waals surface area contributed by atoms with Crippen LogP contribution in [0.15, 0.2) is 48.5 Å². The highest BCUT2D eigenvalue weighted by Gasteiger charge is 2.24. The summed E-state index contributed by atoms with van der Waals surface area (Å²) in [4.78, 5) is 16.3. The van der Waals surface area contributed by atoms with Crippen LogP contribution in [0.5, 0.6) is 5.88 Å². The van der Waals surface area contributed by atoms with Crippen molar-refractivity contribution in [2.24, 2.45) is 0 Å². The molecule has 3 rings (SSSR count). The standard InChI is InChI=1S/C18H13ClNO3/c1-2-23-18(22)16-15(11-6-4-3-5-7-11)13-10-12(19)8-9-14(13)20-17(16)21/h3-10H,2H2,1H3. The van der Waals surface area contributed by atoms with Gasteiger partial charge in [-0.25, -0.2) is 9.78 Å². The molecule has 5 heteroatoms. The van der Waals surface area contributed by atoms with Crippen molar-refractivity contribution in [2.45, 2.75) is 6.92 Å². The number of fused-ring (bicyclic) bond motifs is 1. The van der Waals surface area contributed by atoms with Gasteiger partial charge in [0.2, 0.25) is 0 Å². The van der Waals surface area contributed by atoms with Crippen LogP contribution >= 0.6 is 11.6 Å². The van der Waals surface area contributed by atoms with Crippen molar-refractivity contribution in [1.29, 1.82) is 0 Å². The molecule has 0 N–H and O–H groups in total. The van der Waals surface area contributed by atoms with Gasteiger partial charge in [0.1, 0.15) is 5.56 Å². The lowest BCUT2D eigenvalue weighted by Crippen LogP contribution is -2.08. The highest BCUT2D eigenvalue weighted by Crippen LogP contribution is 2.37. The fourth-order valence-corrected chi connectivity index (χ4v) is 2.68. The number of halogens is 1. The van der Waals surface area contributed by atoms with E-state index in [0.717, 1.165) is 5.56 Å². The minimum atomic E-state index is -0.675. The fraction of sp³-hybridized carbons (Fsp3) is 0.111. The van der Waals surface area contributed by atoms with Crippen molar-refractivity contribution in [3.8, 4) is 17.0 Å². The molecule has 1 aromatic heterocycles. The Morgan fingerprint density at radius 2 is 1.91 bits per heavy atom. The van der Waals surface area contributed by atoms with Gasteiger partial charge in [0.05, 0.1) is 12.1 Å². The maximum atomic E-state index is 12.4. The number of pyridine rings is 1. The van der Waals surface area contributed by atoms with E-state index in [9.17, 15) is 9.90 Å². The van der Waals surface area contributed by atoms with E-state index in [1.165, 1.54) is 0 Å². The molecule has 0 aliphatic heterocycles. The molecule has 0 bridgehead atoms. The van der Waals surface area contributed by atoms with Gasteiger partial charge >= 0.3 is 5.97 Å². The monoisotopic (exact) mass is 326 g/mol. The Bertz CT molecular complexity index is 878. The van der Waals surface area contributed by atoms with E-state index in [2.05, 4.69) is 4.98 Å². The zero-order chi connectivity index (χ0) is 16.4. The predicted molar refractivity (Wildman–Crippen MR) is 88.3 cm³/mol.